The largest absolute Gasteiger partial charge is 0.308 e. The number of nitro benzene ring substituents is 1. The molecular formula is C11H7ClN2O3. The number of hydrogen-bond acceptors (Lipinski definition) is 3. The summed E-state index contributed by atoms with van der Waals surface area (Å²) in [6.07, 6.45) is 2.22. The van der Waals surface area contributed by atoms with Crippen molar-refractivity contribution >= 4 is 23.6 Å². The molecule has 2 rings (SSSR count). The zero-order valence-electron chi connectivity index (χ0n) is 8.54. The predicted molar refractivity (Wildman–Crippen MR) is 62.8 cm³/mol. The number of rotatable bonds is 3. The summed E-state index contributed by atoms with van der Waals surface area (Å²) in [5, 5.41) is 11.2. The normalized spacial score (nSPS) is 10.2. The summed E-state index contributed by atoms with van der Waals surface area (Å²) in [6, 6.07) is 7.52. The van der Waals surface area contributed by atoms with Gasteiger partial charge in [-0.15, -0.1) is 0 Å². The first-order chi connectivity index (χ1) is 8.13. The highest BCUT2D eigenvalue weighted by Crippen LogP contribution is 2.27. The number of carbonyl (C=O) groups excluding carboxylic acids is 1. The Labute approximate surface area is 101 Å². The lowest BCUT2D eigenvalue weighted by Gasteiger charge is -2.06. The second kappa shape index (κ2) is 4.39. The van der Waals surface area contributed by atoms with E-state index in [1.54, 1.807) is 24.4 Å². The van der Waals surface area contributed by atoms with E-state index in [1.165, 1.54) is 16.7 Å². The van der Waals surface area contributed by atoms with Crippen molar-refractivity contribution in [3.05, 3.63) is 57.4 Å². The molecule has 0 saturated carbocycles. The van der Waals surface area contributed by atoms with Crippen LogP contribution in [-0.2, 0) is 0 Å². The van der Waals surface area contributed by atoms with Gasteiger partial charge in [0.1, 0.15) is 5.69 Å². The minimum Gasteiger partial charge on any atom is -0.308 e. The Balaban J connectivity index is 2.67. The van der Waals surface area contributed by atoms with Crippen molar-refractivity contribution < 1.29 is 9.72 Å². The third-order valence-electron chi connectivity index (χ3n) is 2.29. The summed E-state index contributed by atoms with van der Waals surface area (Å²) in [5.74, 6) is 0. The molecule has 0 unspecified atom stereocenters. The van der Waals surface area contributed by atoms with Gasteiger partial charge in [-0.3, -0.25) is 14.9 Å². The molecule has 0 atom stereocenters. The molecule has 86 valence electrons. The van der Waals surface area contributed by atoms with Crippen LogP contribution in [0.2, 0.25) is 5.02 Å². The maximum absolute atomic E-state index is 10.9. The van der Waals surface area contributed by atoms with E-state index >= 15 is 0 Å². The van der Waals surface area contributed by atoms with Crippen LogP contribution in [0, 0.1) is 10.1 Å². The second-order valence-electron chi connectivity index (χ2n) is 3.31. The highest BCUT2D eigenvalue weighted by Gasteiger charge is 2.17. The summed E-state index contributed by atoms with van der Waals surface area (Å²) in [5.41, 5.74) is 0.513. The smallest absolute Gasteiger partial charge is 0.294 e. The third-order valence-corrected chi connectivity index (χ3v) is 2.53. The second-order valence-corrected chi connectivity index (χ2v) is 3.75. The maximum atomic E-state index is 10.9. The standard InChI is InChI=1S/C11H7ClN2O3/c12-8-3-4-10(11(6-8)14(16)17)13-5-1-2-9(13)7-15/h1-7H. The average molecular weight is 251 g/mol. The lowest BCUT2D eigenvalue weighted by atomic mass is 10.2. The molecule has 6 heteroatoms. The number of nitrogens with zero attached hydrogens (tertiary/aromatic N) is 2. The molecular weight excluding hydrogens is 244 g/mol. The molecule has 5 nitrogen and oxygen atoms in total. The maximum Gasteiger partial charge on any atom is 0.294 e. The van der Waals surface area contributed by atoms with Crippen LogP contribution in [0.5, 0.6) is 0 Å². The van der Waals surface area contributed by atoms with Gasteiger partial charge in [-0.1, -0.05) is 11.6 Å². The Morgan fingerprint density at radius 2 is 2.12 bits per heavy atom. The van der Waals surface area contributed by atoms with Crippen LogP contribution in [-0.4, -0.2) is 15.8 Å². The van der Waals surface area contributed by atoms with Crippen LogP contribution in [0.15, 0.2) is 36.5 Å². The molecule has 0 fully saturated rings. The van der Waals surface area contributed by atoms with Crippen LogP contribution in [0.3, 0.4) is 0 Å². The van der Waals surface area contributed by atoms with Gasteiger partial charge in [-0.2, -0.15) is 0 Å². The highest BCUT2D eigenvalue weighted by molar-refractivity contribution is 6.30. The Hall–Kier alpha value is -2.14. The lowest BCUT2D eigenvalue weighted by molar-refractivity contribution is -0.384. The third kappa shape index (κ3) is 2.05. The van der Waals surface area contributed by atoms with Crippen molar-refractivity contribution in [2.75, 3.05) is 0 Å². The van der Waals surface area contributed by atoms with Gasteiger partial charge in [0, 0.05) is 17.3 Å². The van der Waals surface area contributed by atoms with Gasteiger partial charge in [0.05, 0.1) is 10.6 Å². The van der Waals surface area contributed by atoms with Crippen molar-refractivity contribution in [1.29, 1.82) is 0 Å². The van der Waals surface area contributed by atoms with Crippen molar-refractivity contribution in [3.8, 4) is 5.69 Å². The first-order valence-corrected chi connectivity index (χ1v) is 5.08. The minimum atomic E-state index is -0.532. The monoisotopic (exact) mass is 250 g/mol. The molecule has 1 aromatic carbocycles. The number of aromatic nitrogens is 1. The van der Waals surface area contributed by atoms with E-state index < -0.39 is 4.92 Å². The number of nitro groups is 1. The number of aldehydes is 1. The molecule has 0 bridgehead atoms. The average Bonchev–Trinajstić information content (AvgIpc) is 2.76. The van der Waals surface area contributed by atoms with Gasteiger partial charge in [0.25, 0.3) is 5.69 Å². The van der Waals surface area contributed by atoms with E-state index in [-0.39, 0.29) is 10.7 Å². The molecule has 0 radical (unpaired) electrons. The fourth-order valence-electron chi connectivity index (χ4n) is 1.56. The summed E-state index contributed by atoms with van der Waals surface area (Å²) < 4.78 is 1.45. The number of halogens is 1. The quantitative estimate of drug-likeness (QED) is 0.478. The minimum absolute atomic E-state index is 0.142. The van der Waals surface area contributed by atoms with Crippen molar-refractivity contribution in [1.82, 2.24) is 4.57 Å². The zero-order chi connectivity index (χ0) is 12.4. The SMILES string of the molecule is O=Cc1cccn1-c1ccc(Cl)cc1[N+](=O)[O-]. The highest BCUT2D eigenvalue weighted by atomic mass is 35.5. The van der Waals surface area contributed by atoms with Crippen LogP contribution in [0.4, 0.5) is 5.69 Å². The fourth-order valence-corrected chi connectivity index (χ4v) is 1.72. The Morgan fingerprint density at radius 3 is 2.76 bits per heavy atom. The topological polar surface area (TPSA) is 65.1 Å². The van der Waals surface area contributed by atoms with Gasteiger partial charge in [0.2, 0.25) is 0 Å². The molecule has 2 aromatic rings. The van der Waals surface area contributed by atoms with E-state index in [9.17, 15) is 14.9 Å². The molecule has 1 aromatic heterocycles. The van der Waals surface area contributed by atoms with E-state index in [0.717, 1.165) is 0 Å². The van der Waals surface area contributed by atoms with Crippen molar-refractivity contribution in [2.24, 2.45) is 0 Å². The Kier molecular flexibility index (Phi) is 2.93. The predicted octanol–water partition coefficient (Wildman–Crippen LogP) is 2.85. The summed E-state index contributed by atoms with van der Waals surface area (Å²) >= 11 is 5.71. The van der Waals surface area contributed by atoms with Gasteiger partial charge in [0.15, 0.2) is 6.29 Å². The molecule has 0 aliphatic heterocycles. The van der Waals surface area contributed by atoms with E-state index in [2.05, 4.69) is 0 Å². The summed E-state index contributed by atoms with van der Waals surface area (Å²) in [7, 11) is 0. The van der Waals surface area contributed by atoms with Gasteiger partial charge in [-0.05, 0) is 24.3 Å². The molecule has 0 saturated heterocycles. The first kappa shape index (κ1) is 11.3. The van der Waals surface area contributed by atoms with Crippen LogP contribution in [0.25, 0.3) is 5.69 Å². The van der Waals surface area contributed by atoms with Gasteiger partial charge in [-0.25, -0.2) is 0 Å². The van der Waals surface area contributed by atoms with Gasteiger partial charge >= 0.3 is 0 Å². The molecule has 0 spiro atoms. The van der Waals surface area contributed by atoms with Crippen molar-refractivity contribution in [2.45, 2.75) is 0 Å². The Bertz CT molecular complexity index is 592. The van der Waals surface area contributed by atoms with E-state index in [0.29, 0.717) is 17.7 Å². The summed E-state index contributed by atoms with van der Waals surface area (Å²) in [4.78, 5) is 21.2. The van der Waals surface area contributed by atoms with Gasteiger partial charge < -0.3 is 4.57 Å². The molecule has 1 heterocycles. The Morgan fingerprint density at radius 1 is 1.35 bits per heavy atom. The lowest BCUT2D eigenvalue weighted by Crippen LogP contribution is -2.02. The molecule has 0 aliphatic rings. The van der Waals surface area contributed by atoms with E-state index in [4.69, 9.17) is 11.6 Å². The number of benzene rings is 1. The van der Waals surface area contributed by atoms with Crippen LogP contribution < -0.4 is 0 Å². The first-order valence-electron chi connectivity index (χ1n) is 4.70. The molecule has 17 heavy (non-hydrogen) atoms. The molecule has 0 N–H and O–H groups in total. The zero-order valence-corrected chi connectivity index (χ0v) is 9.29. The van der Waals surface area contributed by atoms with E-state index in [1.807, 2.05) is 0 Å². The van der Waals surface area contributed by atoms with Crippen LogP contribution >= 0.6 is 11.6 Å². The number of hydrogen-bond donors (Lipinski definition) is 0. The molecule has 0 aliphatic carbocycles. The number of carbonyl (C=O) groups is 1. The van der Waals surface area contributed by atoms with Crippen LogP contribution in [0.1, 0.15) is 10.5 Å². The molecule has 0 amide bonds. The fraction of sp³-hybridized carbons (Fsp3) is 0. The van der Waals surface area contributed by atoms with Crippen molar-refractivity contribution in [3.63, 3.8) is 0 Å². The summed E-state index contributed by atoms with van der Waals surface area (Å²) in [6.45, 7) is 0.